The van der Waals surface area contributed by atoms with Crippen LogP contribution in [-0.4, -0.2) is 50.5 Å². The minimum Gasteiger partial charge on any atom is -0.481 e. The van der Waals surface area contributed by atoms with Crippen LogP contribution in [0.25, 0.3) is 0 Å². The van der Waals surface area contributed by atoms with Crippen LogP contribution in [0.15, 0.2) is 24.4 Å². The van der Waals surface area contributed by atoms with Gasteiger partial charge in [0, 0.05) is 6.54 Å². The third-order valence-electron chi connectivity index (χ3n) is 8.24. The van der Waals surface area contributed by atoms with E-state index in [2.05, 4.69) is 18.9 Å². The molecule has 2 saturated carbocycles. The number of rotatable bonds is 8. The molecule has 2 aliphatic carbocycles. The Balaban J connectivity index is 1.65. The van der Waals surface area contributed by atoms with Crippen molar-refractivity contribution in [2.75, 3.05) is 13.1 Å². The number of carboxylic acids is 1. The van der Waals surface area contributed by atoms with Crippen molar-refractivity contribution in [2.45, 2.75) is 71.5 Å². The van der Waals surface area contributed by atoms with Crippen molar-refractivity contribution >= 4 is 40.9 Å². The predicted molar refractivity (Wildman–Crippen MR) is 144 cm³/mol. The first-order valence-corrected chi connectivity index (χ1v) is 13.9. The predicted octanol–water partition coefficient (Wildman–Crippen LogP) is 7.18. The van der Waals surface area contributed by atoms with Crippen molar-refractivity contribution < 1.29 is 32.7 Å². The van der Waals surface area contributed by atoms with Crippen LogP contribution in [-0.2, 0) is 11.0 Å². The van der Waals surface area contributed by atoms with Gasteiger partial charge >= 0.3 is 12.1 Å². The van der Waals surface area contributed by atoms with Crippen LogP contribution in [0, 0.1) is 16.7 Å². The van der Waals surface area contributed by atoms with Crippen LogP contribution in [0.2, 0.25) is 10.0 Å². The van der Waals surface area contributed by atoms with Gasteiger partial charge in [-0.1, -0.05) is 43.1 Å². The third kappa shape index (κ3) is 6.17. The Morgan fingerprint density at radius 1 is 1.10 bits per heavy atom. The van der Waals surface area contributed by atoms with Gasteiger partial charge in [-0.25, -0.2) is 0 Å². The normalized spacial score (nSPS) is 22.9. The molecule has 0 bridgehead atoms. The summed E-state index contributed by atoms with van der Waals surface area (Å²) < 4.78 is 44.2. The molecule has 0 unspecified atom stereocenters. The molecule has 1 aromatic heterocycles. The van der Waals surface area contributed by atoms with Crippen LogP contribution in [0.1, 0.15) is 91.7 Å². The minimum absolute atomic E-state index is 0.00741. The van der Waals surface area contributed by atoms with Gasteiger partial charge in [-0.15, -0.1) is 0 Å². The average molecular weight is 602 g/mol. The van der Waals surface area contributed by atoms with Gasteiger partial charge < -0.3 is 10.0 Å². The first-order chi connectivity index (χ1) is 18.5. The summed E-state index contributed by atoms with van der Waals surface area (Å²) in [6.45, 7) is 5.31. The molecule has 0 atom stereocenters. The van der Waals surface area contributed by atoms with Crippen LogP contribution in [0.4, 0.5) is 13.2 Å². The first-order valence-electron chi connectivity index (χ1n) is 13.2. The summed E-state index contributed by atoms with van der Waals surface area (Å²) in [4.78, 5) is 39.7. The number of hydrogen-bond donors (Lipinski definition) is 1. The molecule has 2 aliphatic rings. The Morgan fingerprint density at radius 2 is 1.68 bits per heavy atom. The molecule has 218 valence electrons. The molecule has 0 saturated heterocycles. The number of hydrogen-bond acceptors (Lipinski definition) is 4. The number of nitrogens with zero attached hydrogens (tertiary/aromatic N) is 3. The number of benzene rings is 1. The third-order valence-corrected chi connectivity index (χ3v) is 8.87. The molecule has 2 fully saturated rings. The van der Waals surface area contributed by atoms with Crippen molar-refractivity contribution in [1.29, 1.82) is 0 Å². The maximum Gasteiger partial charge on any atom is 0.433 e. The van der Waals surface area contributed by atoms with Gasteiger partial charge in [0.2, 0.25) is 0 Å². The smallest absolute Gasteiger partial charge is 0.433 e. The van der Waals surface area contributed by atoms with Crippen molar-refractivity contribution in [2.24, 2.45) is 16.7 Å². The van der Waals surface area contributed by atoms with Crippen LogP contribution in [0.3, 0.4) is 0 Å². The Bertz CT molecular complexity index is 1290. The number of amides is 1. The highest BCUT2D eigenvalue weighted by atomic mass is 35.5. The Morgan fingerprint density at radius 3 is 2.17 bits per heavy atom. The fourth-order valence-corrected chi connectivity index (χ4v) is 6.73. The highest BCUT2D eigenvalue weighted by Gasteiger charge is 2.46. The molecule has 4 rings (SSSR count). The number of halogens is 5. The van der Waals surface area contributed by atoms with Gasteiger partial charge in [-0.3, -0.25) is 19.1 Å². The summed E-state index contributed by atoms with van der Waals surface area (Å²) in [6.07, 6.45) is -1.78. The van der Waals surface area contributed by atoms with E-state index in [0.717, 1.165) is 28.6 Å². The van der Waals surface area contributed by atoms with Gasteiger partial charge in [-0.2, -0.15) is 18.3 Å². The van der Waals surface area contributed by atoms with Gasteiger partial charge in [0.1, 0.15) is 0 Å². The monoisotopic (exact) mass is 601 g/mol. The number of carbonyl (C=O) groups is 3. The zero-order valence-electron chi connectivity index (χ0n) is 22.5. The second-order valence-corrected chi connectivity index (χ2v) is 12.9. The minimum atomic E-state index is -4.91. The standard InChI is InChI=1S/C28H32Cl2F3N3O4/c1-26(2)11-16(12-26)14-35(15-21(37)22-19(29)5-4-6-20(22)30)24(38)18-13-34-36(23(18)28(31,32)33)17-7-9-27(3,10-8-17)25(39)40/h4-6,13,16-17H,7-12,14-15H2,1-3H3,(H,39,40). The zero-order valence-corrected chi connectivity index (χ0v) is 24.0. The molecule has 0 radical (unpaired) electrons. The number of aromatic nitrogens is 2. The molecule has 40 heavy (non-hydrogen) atoms. The van der Waals surface area contributed by atoms with Crippen LogP contribution < -0.4 is 0 Å². The van der Waals surface area contributed by atoms with E-state index < -0.39 is 53.1 Å². The fourth-order valence-electron chi connectivity index (χ4n) is 6.13. The lowest BCUT2D eigenvalue weighted by atomic mass is 9.64. The molecule has 7 nitrogen and oxygen atoms in total. The second-order valence-electron chi connectivity index (χ2n) is 12.1. The molecule has 1 N–H and O–H groups in total. The van der Waals surface area contributed by atoms with Crippen molar-refractivity contribution in [3.8, 4) is 0 Å². The number of carbonyl (C=O) groups excluding carboxylic acids is 2. The molecular weight excluding hydrogens is 570 g/mol. The molecule has 0 aliphatic heterocycles. The summed E-state index contributed by atoms with van der Waals surface area (Å²) in [5.41, 5.74) is -2.80. The highest BCUT2D eigenvalue weighted by molar-refractivity contribution is 6.40. The van der Waals surface area contributed by atoms with E-state index in [4.69, 9.17) is 23.2 Å². The Kier molecular flexibility index (Phi) is 8.36. The van der Waals surface area contributed by atoms with E-state index in [1.54, 1.807) is 13.0 Å². The number of alkyl halides is 3. The summed E-state index contributed by atoms with van der Waals surface area (Å²) in [5, 5.41) is 13.7. The SMILES string of the molecule is CC1(C)CC(CN(CC(=O)c2c(Cl)cccc2Cl)C(=O)c2cnn(C3CCC(C)(C(=O)O)CC3)c2C(F)(F)F)C1. The Hall–Kier alpha value is -2.59. The molecule has 2 aromatic rings. The van der Waals surface area contributed by atoms with E-state index in [0.29, 0.717) is 0 Å². The Labute approximate surface area is 240 Å². The molecular formula is C28H32Cl2F3N3O4. The quantitative estimate of drug-likeness (QED) is 0.324. The average Bonchev–Trinajstić information content (AvgIpc) is 3.28. The largest absolute Gasteiger partial charge is 0.481 e. The molecule has 12 heteroatoms. The van der Waals surface area contributed by atoms with Crippen molar-refractivity contribution in [3.63, 3.8) is 0 Å². The summed E-state index contributed by atoms with van der Waals surface area (Å²) >= 11 is 12.4. The lowest BCUT2D eigenvalue weighted by Gasteiger charge is -2.44. The first kappa shape index (κ1) is 30.4. The van der Waals surface area contributed by atoms with Crippen molar-refractivity contribution in [1.82, 2.24) is 14.7 Å². The molecule has 1 aromatic carbocycles. The second kappa shape index (κ2) is 11.0. The highest BCUT2D eigenvalue weighted by Crippen LogP contribution is 2.46. The van der Waals surface area contributed by atoms with Gasteiger partial charge in [0.25, 0.3) is 5.91 Å². The van der Waals surface area contributed by atoms with Crippen LogP contribution in [0.5, 0.6) is 0 Å². The molecule has 1 heterocycles. The van der Waals surface area contributed by atoms with E-state index >= 15 is 0 Å². The summed E-state index contributed by atoms with van der Waals surface area (Å²) in [6, 6.07) is 3.81. The van der Waals surface area contributed by atoms with Gasteiger partial charge in [-0.05, 0) is 68.9 Å². The number of Topliss-reactive ketones (excluding diaryl/α,β-unsaturated/α-hetero) is 1. The number of aliphatic carboxylic acids is 1. The molecule has 0 spiro atoms. The van der Waals surface area contributed by atoms with Crippen molar-refractivity contribution in [3.05, 3.63) is 51.3 Å². The van der Waals surface area contributed by atoms with E-state index in [-0.39, 0.29) is 59.2 Å². The lowest BCUT2D eigenvalue weighted by molar-refractivity contribution is -0.152. The lowest BCUT2D eigenvalue weighted by Crippen LogP contribution is -2.45. The van der Waals surface area contributed by atoms with Gasteiger partial charge in [0.05, 0.1) is 45.4 Å². The number of carboxylic acid groups (broad SMARTS) is 1. The maximum atomic E-state index is 14.4. The van der Waals surface area contributed by atoms with E-state index in [9.17, 15) is 32.7 Å². The zero-order chi connectivity index (χ0) is 29.6. The number of ketones is 1. The summed E-state index contributed by atoms with van der Waals surface area (Å²) in [7, 11) is 0. The fraction of sp³-hybridized carbons (Fsp3) is 0.571. The summed E-state index contributed by atoms with van der Waals surface area (Å²) in [5.74, 6) is -2.50. The van der Waals surface area contributed by atoms with Gasteiger partial charge in [0.15, 0.2) is 11.5 Å². The van der Waals surface area contributed by atoms with E-state index in [1.807, 2.05) is 0 Å². The topological polar surface area (TPSA) is 92.5 Å². The van der Waals surface area contributed by atoms with Crippen LogP contribution >= 0.6 is 23.2 Å². The maximum absolute atomic E-state index is 14.4. The van der Waals surface area contributed by atoms with E-state index in [1.165, 1.54) is 12.1 Å². The molecule has 1 amide bonds.